The molecule has 0 bridgehead atoms. The number of aryl methyl sites for hydroxylation is 1. The number of thiazole rings is 1. The van der Waals surface area contributed by atoms with Crippen LogP contribution in [0.2, 0.25) is 0 Å². The van der Waals surface area contributed by atoms with Crippen LogP contribution in [0.3, 0.4) is 0 Å². The van der Waals surface area contributed by atoms with Crippen LogP contribution in [0, 0.1) is 41.1 Å². The maximum absolute atomic E-state index is 15.5. The van der Waals surface area contributed by atoms with Crippen molar-refractivity contribution in [2.75, 3.05) is 36.2 Å². The Hall–Kier alpha value is -7.17. The number of rotatable bonds is 17. The summed E-state index contributed by atoms with van der Waals surface area (Å²) in [7, 11) is 0. The molecule has 2 aliphatic rings. The van der Waals surface area contributed by atoms with Gasteiger partial charge in [0.2, 0.25) is 17.7 Å². The highest BCUT2D eigenvalue weighted by Crippen LogP contribution is 2.45. The zero-order chi connectivity index (χ0) is 57.2. The first-order valence-corrected chi connectivity index (χ1v) is 25.5. The van der Waals surface area contributed by atoms with Gasteiger partial charge in [-0.2, -0.15) is 31.6 Å². The molecule has 78 heavy (non-hydrogen) atoms. The second kappa shape index (κ2) is 23.0. The Kier molecular flexibility index (Phi) is 17.3. The lowest BCUT2D eigenvalue weighted by molar-refractivity contribution is -0.144. The number of hydrogen-bond acceptors (Lipinski definition) is 11. The number of halogens is 9. The minimum absolute atomic E-state index is 0.0183. The first-order valence-electron chi connectivity index (χ1n) is 24.2. The van der Waals surface area contributed by atoms with Crippen LogP contribution in [0.4, 0.5) is 50.9 Å². The Morgan fingerprint density at radius 3 is 2.21 bits per heavy atom. The van der Waals surface area contributed by atoms with E-state index in [0.29, 0.717) is 54.6 Å². The van der Waals surface area contributed by atoms with Crippen LogP contribution in [0.1, 0.15) is 88.2 Å². The first-order chi connectivity index (χ1) is 36.6. The molecule has 0 aliphatic carbocycles. The maximum atomic E-state index is 15.5. The predicted molar refractivity (Wildman–Crippen MR) is 273 cm³/mol. The van der Waals surface area contributed by atoms with E-state index in [1.807, 2.05) is 31.2 Å². The molecule has 2 aromatic heterocycles. The van der Waals surface area contributed by atoms with Gasteiger partial charge in [0.15, 0.2) is 28.3 Å². The SMILES string of the molecule is Cc1ncsc1-c1ccc(CNC(=O)C2CCCN2C(=O)C(NC(=O)COCCCCOc2c(F)cc(-c3ncc(N4C(=S)N(c5ccc(C#N)c(C(F)(F)F)c5F)C(=O)C4(C)C)cc3C(F)(F)F)cc2F)C(C)(C)C)cc1. The van der Waals surface area contributed by atoms with Crippen molar-refractivity contribution < 1.29 is 68.2 Å². The summed E-state index contributed by atoms with van der Waals surface area (Å²) >= 11 is 6.87. The molecule has 4 amide bonds. The molecule has 3 aromatic carbocycles. The normalized spacial score (nSPS) is 16.1. The number of hydrogen-bond donors (Lipinski definition) is 2. The van der Waals surface area contributed by atoms with Crippen molar-refractivity contribution in [2.45, 2.75) is 104 Å². The van der Waals surface area contributed by atoms with Crippen molar-refractivity contribution in [2.24, 2.45) is 5.41 Å². The highest BCUT2D eigenvalue weighted by molar-refractivity contribution is 7.81. The number of pyridine rings is 1. The summed E-state index contributed by atoms with van der Waals surface area (Å²) in [6.07, 6.45) is -8.48. The first kappa shape index (κ1) is 58.5. The molecular weight excluding hydrogens is 1080 g/mol. The molecule has 25 heteroatoms. The fraction of sp³-hybridized carbons (Fsp3) is 0.396. The lowest BCUT2D eigenvalue weighted by atomic mass is 9.85. The Morgan fingerprint density at radius 2 is 1.60 bits per heavy atom. The maximum Gasteiger partial charge on any atom is 0.420 e. The topological polar surface area (TPSA) is 170 Å². The van der Waals surface area contributed by atoms with E-state index in [2.05, 4.69) is 20.6 Å². The second-order valence-corrected chi connectivity index (χ2v) is 21.2. The van der Waals surface area contributed by atoms with Crippen molar-refractivity contribution in [3.63, 3.8) is 0 Å². The van der Waals surface area contributed by atoms with Gasteiger partial charge in [-0.3, -0.25) is 29.1 Å². The number of benzene rings is 3. The van der Waals surface area contributed by atoms with Gasteiger partial charge < -0.3 is 29.9 Å². The number of unbranched alkanes of at least 4 members (excludes halogenated alkanes) is 1. The zero-order valence-electron chi connectivity index (χ0n) is 42.7. The fourth-order valence-electron chi connectivity index (χ4n) is 9.03. The van der Waals surface area contributed by atoms with E-state index in [1.165, 1.54) is 22.3 Å². The van der Waals surface area contributed by atoms with Crippen LogP contribution in [-0.4, -0.2) is 87.6 Å². The van der Waals surface area contributed by atoms with Crippen LogP contribution in [0.25, 0.3) is 21.7 Å². The molecule has 0 radical (unpaired) electrons. The number of likely N-dealkylation sites (tertiary alicyclic amines) is 1. The molecule has 2 unspecified atom stereocenters. The van der Waals surface area contributed by atoms with E-state index in [0.717, 1.165) is 46.6 Å². The van der Waals surface area contributed by atoms with Gasteiger partial charge in [-0.15, -0.1) is 11.3 Å². The minimum atomic E-state index is -5.39. The molecule has 5 aromatic rings. The number of thiocarbonyl (C=S) groups is 1. The monoisotopic (exact) mass is 1130 g/mol. The Morgan fingerprint density at radius 1 is 0.936 bits per heavy atom. The summed E-state index contributed by atoms with van der Waals surface area (Å²) in [5, 5.41) is 14.1. The van der Waals surface area contributed by atoms with E-state index >= 15 is 13.2 Å². The standard InChI is InChI=1S/C53H51F9N8O6S2/c1-28-44(78-27-66-28)30-13-11-29(12-14-30)24-65-46(72)38-10-9-17-68(38)47(73)45(50(2,3)4)67-39(71)26-75-18-7-8-19-76-43-35(54)20-32(21-36(43)55)42-34(52(57,58)59)22-33(25-64-42)70-49(77)69(48(74)51(70,5)6)37-16-15-31(23-63)40(41(37)56)53(60,61)62/h11-16,20-22,25,27,38,45H,7-10,17-19,24,26H2,1-6H3,(H,65,72)(H,67,71). The number of nitrogens with zero attached hydrogens (tertiary/aromatic N) is 6. The summed E-state index contributed by atoms with van der Waals surface area (Å²) < 4.78 is 143. The summed E-state index contributed by atoms with van der Waals surface area (Å²) in [6.45, 7) is 9.38. The van der Waals surface area contributed by atoms with E-state index < -0.39 is 127 Å². The molecule has 414 valence electrons. The lowest BCUT2D eigenvalue weighted by Gasteiger charge is -2.35. The number of carbonyl (C=O) groups excluding carboxylic acids is 4. The summed E-state index contributed by atoms with van der Waals surface area (Å²) in [5.41, 5.74) is -5.98. The fourth-order valence-corrected chi connectivity index (χ4v) is 10.4. The van der Waals surface area contributed by atoms with Crippen LogP contribution < -0.4 is 25.2 Å². The number of aromatic nitrogens is 2. The highest BCUT2D eigenvalue weighted by Gasteiger charge is 2.53. The molecule has 0 saturated carbocycles. The Bertz CT molecular complexity index is 3150. The number of amides is 4. The van der Waals surface area contributed by atoms with Crippen LogP contribution in [0.15, 0.2) is 66.3 Å². The number of nitrogens with one attached hydrogen (secondary N) is 2. The highest BCUT2D eigenvalue weighted by atomic mass is 32.1. The minimum Gasteiger partial charge on any atom is -0.488 e. The lowest BCUT2D eigenvalue weighted by Crippen LogP contribution is -2.58. The van der Waals surface area contributed by atoms with E-state index in [4.69, 9.17) is 21.7 Å². The van der Waals surface area contributed by atoms with Gasteiger partial charge in [0.05, 0.1) is 63.2 Å². The van der Waals surface area contributed by atoms with Crippen molar-refractivity contribution >= 4 is 63.7 Å². The smallest absolute Gasteiger partial charge is 0.420 e. The van der Waals surface area contributed by atoms with Gasteiger partial charge >= 0.3 is 12.4 Å². The molecule has 0 spiro atoms. The van der Waals surface area contributed by atoms with Crippen LogP contribution in [0.5, 0.6) is 5.75 Å². The predicted octanol–water partition coefficient (Wildman–Crippen LogP) is 10.4. The summed E-state index contributed by atoms with van der Waals surface area (Å²) in [5.74, 6) is -8.22. The molecule has 2 aliphatic heterocycles. The molecule has 2 N–H and O–H groups in total. The van der Waals surface area contributed by atoms with Crippen molar-refractivity contribution in [1.29, 1.82) is 5.26 Å². The zero-order valence-corrected chi connectivity index (χ0v) is 44.4. The average Bonchev–Trinajstić information content (AvgIpc) is 4.18. The average molecular weight is 1130 g/mol. The third kappa shape index (κ3) is 12.4. The quantitative estimate of drug-likeness (QED) is 0.0516. The third-order valence-corrected chi connectivity index (χ3v) is 14.3. The van der Waals surface area contributed by atoms with Gasteiger partial charge in [0, 0.05) is 25.3 Å². The van der Waals surface area contributed by atoms with Gasteiger partial charge in [-0.25, -0.2) is 18.2 Å². The molecular formula is C53H51F9N8O6S2. The largest absolute Gasteiger partial charge is 0.488 e. The van der Waals surface area contributed by atoms with Crippen LogP contribution in [-0.2, 0) is 42.8 Å². The Balaban J connectivity index is 0.919. The summed E-state index contributed by atoms with van der Waals surface area (Å²) in [6, 6.07) is 10.1. The van der Waals surface area contributed by atoms with Crippen molar-refractivity contribution in [1.82, 2.24) is 25.5 Å². The molecule has 7 rings (SSSR count). The van der Waals surface area contributed by atoms with Gasteiger partial charge in [0.1, 0.15) is 29.8 Å². The van der Waals surface area contributed by atoms with E-state index in [-0.39, 0.29) is 38.5 Å². The number of ether oxygens (including phenoxy) is 2. The molecule has 2 saturated heterocycles. The number of carbonyl (C=O) groups is 4. The van der Waals surface area contributed by atoms with E-state index in [9.17, 15) is 50.8 Å². The molecule has 4 heterocycles. The van der Waals surface area contributed by atoms with Crippen molar-refractivity contribution in [3.05, 3.63) is 112 Å². The molecule has 2 atom stereocenters. The number of anilines is 2. The van der Waals surface area contributed by atoms with Crippen molar-refractivity contribution in [3.8, 4) is 33.5 Å². The number of alkyl halides is 6. The second-order valence-electron chi connectivity index (χ2n) is 20.0. The van der Waals surface area contributed by atoms with Crippen LogP contribution >= 0.6 is 23.6 Å². The summed E-state index contributed by atoms with van der Waals surface area (Å²) in [4.78, 5) is 65.9. The van der Waals surface area contributed by atoms with Gasteiger partial charge in [-0.05, 0) is 106 Å². The van der Waals surface area contributed by atoms with Gasteiger partial charge in [-0.1, -0.05) is 45.0 Å². The molecule has 2 fully saturated rings. The number of nitriles is 1. The molecule has 14 nitrogen and oxygen atoms in total. The van der Waals surface area contributed by atoms with E-state index in [1.54, 1.807) is 26.3 Å². The Labute approximate surface area is 451 Å². The third-order valence-electron chi connectivity index (χ3n) is 13.0. The van der Waals surface area contributed by atoms with Gasteiger partial charge in [0.25, 0.3) is 5.91 Å².